The van der Waals surface area contributed by atoms with Crippen molar-refractivity contribution in [2.45, 2.75) is 18.6 Å². The molecule has 0 spiro atoms. The maximum atomic E-state index is 12.1. The first-order valence-corrected chi connectivity index (χ1v) is 6.41. The Morgan fingerprint density at radius 2 is 2.00 bits per heavy atom. The van der Waals surface area contributed by atoms with E-state index >= 15 is 0 Å². The van der Waals surface area contributed by atoms with Gasteiger partial charge < -0.3 is 15.0 Å². The van der Waals surface area contributed by atoms with Crippen LogP contribution in [-0.2, 0) is 0 Å². The van der Waals surface area contributed by atoms with Crippen molar-refractivity contribution in [1.29, 1.82) is 0 Å². The van der Waals surface area contributed by atoms with Gasteiger partial charge in [0.2, 0.25) is 0 Å². The van der Waals surface area contributed by atoms with Gasteiger partial charge in [-0.05, 0) is 31.8 Å². The number of benzene rings is 1. The van der Waals surface area contributed by atoms with E-state index in [1.807, 2.05) is 43.3 Å². The summed E-state index contributed by atoms with van der Waals surface area (Å²) < 4.78 is 41.4. The smallest absolute Gasteiger partial charge is 0.390 e. The predicted octanol–water partition coefficient (Wildman–Crippen LogP) is 2.84. The molecule has 0 saturated carbocycles. The highest BCUT2D eigenvalue weighted by molar-refractivity contribution is 5.30. The Morgan fingerprint density at radius 3 is 2.55 bits per heavy atom. The van der Waals surface area contributed by atoms with Crippen molar-refractivity contribution in [2.24, 2.45) is 0 Å². The standard InChI is InChI=1S/C14H21F3N2O/c1-19(2)13(10-18-8-7-14(15,16)17)11-5-4-6-12(9-11)20-3/h4-6,9,13,18H,7-8,10H2,1-3H3. The van der Waals surface area contributed by atoms with E-state index in [4.69, 9.17) is 4.74 Å². The average Bonchev–Trinajstić information content (AvgIpc) is 2.37. The zero-order chi connectivity index (χ0) is 15.2. The molecule has 114 valence electrons. The minimum Gasteiger partial charge on any atom is -0.497 e. The third-order valence-electron chi connectivity index (χ3n) is 3.02. The van der Waals surface area contributed by atoms with Gasteiger partial charge in [-0.1, -0.05) is 12.1 Å². The van der Waals surface area contributed by atoms with E-state index in [0.29, 0.717) is 6.54 Å². The van der Waals surface area contributed by atoms with E-state index in [1.54, 1.807) is 7.11 Å². The molecule has 6 heteroatoms. The lowest BCUT2D eigenvalue weighted by Crippen LogP contribution is -2.32. The van der Waals surface area contributed by atoms with Crippen molar-refractivity contribution in [1.82, 2.24) is 10.2 Å². The van der Waals surface area contributed by atoms with Crippen LogP contribution in [0.25, 0.3) is 0 Å². The Labute approximate surface area is 117 Å². The van der Waals surface area contributed by atoms with Crippen molar-refractivity contribution in [3.8, 4) is 5.75 Å². The van der Waals surface area contributed by atoms with E-state index in [-0.39, 0.29) is 12.6 Å². The monoisotopic (exact) mass is 290 g/mol. The van der Waals surface area contributed by atoms with Crippen molar-refractivity contribution in [3.05, 3.63) is 29.8 Å². The van der Waals surface area contributed by atoms with Crippen LogP contribution in [0.2, 0.25) is 0 Å². The molecule has 0 heterocycles. The minimum absolute atomic E-state index is 0.00154. The second kappa shape index (κ2) is 7.50. The molecule has 1 unspecified atom stereocenters. The van der Waals surface area contributed by atoms with Gasteiger partial charge in [0.1, 0.15) is 5.75 Å². The quantitative estimate of drug-likeness (QED) is 0.782. The first-order chi connectivity index (χ1) is 9.33. The van der Waals surface area contributed by atoms with Crippen molar-refractivity contribution < 1.29 is 17.9 Å². The number of likely N-dealkylation sites (N-methyl/N-ethyl adjacent to an activating group) is 1. The normalized spacial score (nSPS) is 13.6. The molecule has 0 aliphatic heterocycles. The SMILES string of the molecule is COc1cccc(C(CNCCC(F)(F)F)N(C)C)c1. The molecule has 1 N–H and O–H groups in total. The van der Waals surface area contributed by atoms with Gasteiger partial charge in [-0.25, -0.2) is 0 Å². The highest BCUT2D eigenvalue weighted by atomic mass is 19.4. The molecule has 0 amide bonds. The van der Waals surface area contributed by atoms with Gasteiger partial charge in [-0.15, -0.1) is 0 Å². The lowest BCUT2D eigenvalue weighted by Gasteiger charge is -2.25. The molecule has 0 aliphatic rings. The van der Waals surface area contributed by atoms with Crippen molar-refractivity contribution >= 4 is 0 Å². The molecule has 3 nitrogen and oxygen atoms in total. The fraction of sp³-hybridized carbons (Fsp3) is 0.571. The van der Waals surface area contributed by atoms with E-state index in [1.165, 1.54) is 0 Å². The van der Waals surface area contributed by atoms with Crippen molar-refractivity contribution in [2.75, 3.05) is 34.3 Å². The van der Waals surface area contributed by atoms with Crippen LogP contribution in [0.3, 0.4) is 0 Å². The minimum atomic E-state index is -4.11. The van der Waals surface area contributed by atoms with E-state index in [9.17, 15) is 13.2 Å². The summed E-state index contributed by atoms with van der Waals surface area (Å²) in [5.41, 5.74) is 1.01. The molecule has 1 aromatic rings. The predicted molar refractivity (Wildman–Crippen MR) is 73.0 cm³/mol. The first-order valence-electron chi connectivity index (χ1n) is 6.41. The lowest BCUT2D eigenvalue weighted by atomic mass is 10.1. The molecule has 0 radical (unpaired) electrons. The van der Waals surface area contributed by atoms with Crippen LogP contribution in [0.5, 0.6) is 5.75 Å². The molecule has 1 rings (SSSR count). The molecule has 0 bridgehead atoms. The summed E-state index contributed by atoms with van der Waals surface area (Å²) in [5, 5.41) is 2.86. The summed E-state index contributed by atoms with van der Waals surface area (Å²) in [6.45, 7) is 0.383. The third kappa shape index (κ3) is 5.79. The molecule has 1 aromatic carbocycles. The lowest BCUT2D eigenvalue weighted by molar-refractivity contribution is -0.133. The maximum Gasteiger partial charge on any atom is 0.390 e. The largest absolute Gasteiger partial charge is 0.497 e. The number of hydrogen-bond donors (Lipinski definition) is 1. The number of alkyl halides is 3. The van der Waals surface area contributed by atoms with Crippen LogP contribution in [0.1, 0.15) is 18.0 Å². The Kier molecular flexibility index (Phi) is 6.29. The first kappa shape index (κ1) is 16.8. The molecular weight excluding hydrogens is 269 g/mol. The van der Waals surface area contributed by atoms with Gasteiger partial charge in [0, 0.05) is 19.1 Å². The third-order valence-corrected chi connectivity index (χ3v) is 3.02. The number of halogens is 3. The number of hydrogen-bond acceptors (Lipinski definition) is 3. The number of rotatable bonds is 7. The summed E-state index contributed by atoms with van der Waals surface area (Å²) in [6.07, 6.45) is -4.93. The topological polar surface area (TPSA) is 24.5 Å². The zero-order valence-corrected chi connectivity index (χ0v) is 12.0. The number of nitrogens with zero attached hydrogens (tertiary/aromatic N) is 1. The van der Waals surface area contributed by atoms with Crippen molar-refractivity contribution in [3.63, 3.8) is 0 Å². The molecule has 1 atom stereocenters. The second-order valence-electron chi connectivity index (χ2n) is 4.83. The number of nitrogens with one attached hydrogen (secondary N) is 1. The van der Waals surface area contributed by atoms with Crippen LogP contribution in [0.15, 0.2) is 24.3 Å². The fourth-order valence-corrected chi connectivity index (χ4v) is 1.92. The summed E-state index contributed by atoms with van der Waals surface area (Å²) in [6, 6.07) is 7.56. The molecule has 0 fully saturated rings. The molecule has 0 aliphatic carbocycles. The van der Waals surface area contributed by atoms with Crippen LogP contribution < -0.4 is 10.1 Å². The Bertz CT molecular complexity index is 408. The maximum absolute atomic E-state index is 12.1. The van der Waals surface area contributed by atoms with Crippen LogP contribution >= 0.6 is 0 Å². The number of ether oxygens (including phenoxy) is 1. The molecular formula is C14H21F3N2O. The average molecular weight is 290 g/mol. The van der Waals surface area contributed by atoms with Crippen LogP contribution in [0, 0.1) is 0 Å². The molecule has 0 aromatic heterocycles. The summed E-state index contributed by atoms with van der Waals surface area (Å²) in [5.74, 6) is 0.740. The van der Waals surface area contributed by atoms with Crippen LogP contribution in [-0.4, -0.2) is 45.4 Å². The Balaban J connectivity index is 2.60. The van der Waals surface area contributed by atoms with Gasteiger partial charge in [0.25, 0.3) is 0 Å². The van der Waals surface area contributed by atoms with E-state index in [2.05, 4.69) is 5.32 Å². The van der Waals surface area contributed by atoms with E-state index < -0.39 is 12.6 Å². The van der Waals surface area contributed by atoms with Gasteiger partial charge in [-0.2, -0.15) is 13.2 Å². The fourth-order valence-electron chi connectivity index (χ4n) is 1.92. The highest BCUT2D eigenvalue weighted by Gasteiger charge is 2.26. The van der Waals surface area contributed by atoms with Gasteiger partial charge in [0.15, 0.2) is 0 Å². The van der Waals surface area contributed by atoms with Gasteiger partial charge >= 0.3 is 6.18 Å². The summed E-state index contributed by atoms with van der Waals surface area (Å²) in [4.78, 5) is 1.97. The van der Waals surface area contributed by atoms with Gasteiger partial charge in [-0.3, -0.25) is 0 Å². The Hall–Kier alpha value is -1.27. The van der Waals surface area contributed by atoms with E-state index in [0.717, 1.165) is 11.3 Å². The summed E-state index contributed by atoms with van der Waals surface area (Å²) >= 11 is 0. The zero-order valence-electron chi connectivity index (χ0n) is 12.0. The molecule has 20 heavy (non-hydrogen) atoms. The summed E-state index contributed by atoms with van der Waals surface area (Å²) in [7, 11) is 5.39. The second-order valence-corrected chi connectivity index (χ2v) is 4.83. The molecule has 0 saturated heterocycles. The Morgan fingerprint density at radius 1 is 1.30 bits per heavy atom. The van der Waals surface area contributed by atoms with Gasteiger partial charge in [0.05, 0.1) is 13.5 Å². The highest BCUT2D eigenvalue weighted by Crippen LogP contribution is 2.22. The number of methoxy groups -OCH3 is 1. The van der Waals surface area contributed by atoms with Crippen LogP contribution in [0.4, 0.5) is 13.2 Å².